The lowest BCUT2D eigenvalue weighted by molar-refractivity contribution is -0.136. The number of carbonyl (C=O) groups is 4. The van der Waals surface area contributed by atoms with Gasteiger partial charge in [0, 0.05) is 25.7 Å². The van der Waals surface area contributed by atoms with Crippen LogP contribution < -0.4 is 16.4 Å². The highest BCUT2D eigenvalue weighted by Gasteiger charge is 2.37. The predicted octanol–water partition coefficient (Wildman–Crippen LogP) is 0.421. The number of benzene rings is 1. The normalized spacial score (nSPS) is 22.8. The number of nitrogens with two attached hydrogens (primary N) is 1. The van der Waals surface area contributed by atoms with Crippen LogP contribution in [0.3, 0.4) is 0 Å². The third-order valence-corrected chi connectivity index (χ3v) is 6.45. The second kappa shape index (κ2) is 11.4. The van der Waals surface area contributed by atoms with E-state index in [0.29, 0.717) is 38.8 Å². The third-order valence-electron chi connectivity index (χ3n) is 6.45. The molecule has 2 bridgehead atoms. The number of nitrogens with zero attached hydrogens (tertiary/aromatic N) is 2. The molecule has 1 aromatic rings. The third kappa shape index (κ3) is 6.11. The van der Waals surface area contributed by atoms with Crippen molar-refractivity contribution in [2.45, 2.75) is 51.6 Å². The molecule has 4 N–H and O–H groups in total. The smallest absolute Gasteiger partial charge is 0.257 e. The van der Waals surface area contributed by atoms with Crippen LogP contribution in [0.1, 0.15) is 49.0 Å². The lowest BCUT2D eigenvalue weighted by Crippen LogP contribution is -2.55. The van der Waals surface area contributed by atoms with Crippen LogP contribution >= 0.6 is 0 Å². The average molecular weight is 476 g/mol. The summed E-state index contributed by atoms with van der Waals surface area (Å²) in [6.07, 6.45) is 2.22. The Morgan fingerprint density at radius 2 is 2.00 bits per heavy atom. The summed E-state index contributed by atoms with van der Waals surface area (Å²) < 4.78 is 14.6. The van der Waals surface area contributed by atoms with Crippen LogP contribution in [-0.2, 0) is 20.8 Å². The van der Waals surface area contributed by atoms with E-state index in [9.17, 15) is 23.6 Å². The number of halogens is 1. The van der Waals surface area contributed by atoms with Gasteiger partial charge in [0.2, 0.25) is 17.7 Å². The molecule has 1 fully saturated rings. The molecule has 1 saturated heterocycles. The Bertz CT molecular complexity index is 938. The van der Waals surface area contributed by atoms with E-state index in [1.165, 1.54) is 21.9 Å². The molecule has 0 radical (unpaired) electrons. The van der Waals surface area contributed by atoms with E-state index in [1.807, 2.05) is 13.8 Å². The van der Waals surface area contributed by atoms with Gasteiger partial charge in [-0.2, -0.15) is 0 Å². The summed E-state index contributed by atoms with van der Waals surface area (Å²) in [4.78, 5) is 54.1. The molecule has 10 heteroatoms. The van der Waals surface area contributed by atoms with Crippen molar-refractivity contribution in [3.05, 3.63) is 35.1 Å². The first kappa shape index (κ1) is 25.6. The standard InChI is InChI=1S/C24H34FN5O4/c1-15(2)19-13-29(22(32)12-26)14-21(31)27-9-3-5-16-7-8-18(25)17(11-16)24(34)30-10-4-6-20(30)23(33)28-19/h7-8,11,15,19-20H,3-6,9-10,12-14,26H2,1-2H3,(H,27,31)(H,28,33)/t19-,20-/m0/s1. The van der Waals surface area contributed by atoms with Crippen molar-refractivity contribution in [3.63, 3.8) is 0 Å². The SMILES string of the molecule is CC(C)[C@@H]1CN(C(=O)CN)CC(=O)NCCCc2ccc(F)c(c2)C(=O)N2CCC[C@H]2C(=O)N1. The molecule has 0 aliphatic carbocycles. The van der Waals surface area contributed by atoms with Crippen molar-refractivity contribution in [2.75, 3.05) is 32.7 Å². The Hall–Kier alpha value is -3.01. The molecule has 0 unspecified atom stereocenters. The molecule has 2 aliphatic rings. The monoisotopic (exact) mass is 475 g/mol. The zero-order valence-electron chi connectivity index (χ0n) is 19.8. The first-order valence-electron chi connectivity index (χ1n) is 11.9. The molecule has 2 atom stereocenters. The molecule has 0 spiro atoms. The zero-order valence-corrected chi connectivity index (χ0v) is 19.8. The fraction of sp³-hybridized carbons (Fsp3) is 0.583. The highest BCUT2D eigenvalue weighted by Crippen LogP contribution is 2.23. The Morgan fingerprint density at radius 3 is 2.71 bits per heavy atom. The number of nitrogens with one attached hydrogen (secondary N) is 2. The van der Waals surface area contributed by atoms with Gasteiger partial charge < -0.3 is 26.2 Å². The van der Waals surface area contributed by atoms with Crippen molar-refractivity contribution < 1.29 is 23.6 Å². The number of carbonyl (C=O) groups excluding carboxylic acids is 4. The summed E-state index contributed by atoms with van der Waals surface area (Å²) in [7, 11) is 0. The molecule has 0 saturated carbocycles. The van der Waals surface area contributed by atoms with Crippen LogP contribution in [0, 0.1) is 11.7 Å². The fourth-order valence-electron chi connectivity index (χ4n) is 4.40. The first-order valence-corrected chi connectivity index (χ1v) is 11.9. The van der Waals surface area contributed by atoms with Gasteiger partial charge in [0.25, 0.3) is 5.91 Å². The second-order valence-corrected chi connectivity index (χ2v) is 9.26. The van der Waals surface area contributed by atoms with Gasteiger partial charge in [0.1, 0.15) is 11.9 Å². The highest BCUT2D eigenvalue weighted by atomic mass is 19.1. The summed E-state index contributed by atoms with van der Waals surface area (Å²) in [5, 5.41) is 5.74. The summed E-state index contributed by atoms with van der Waals surface area (Å²) in [6.45, 7) is 4.23. The maximum Gasteiger partial charge on any atom is 0.257 e. The second-order valence-electron chi connectivity index (χ2n) is 9.26. The molecule has 186 valence electrons. The van der Waals surface area contributed by atoms with Gasteiger partial charge in [-0.25, -0.2) is 4.39 Å². The molecule has 9 nitrogen and oxygen atoms in total. The zero-order chi connectivity index (χ0) is 24.8. The molecular formula is C24H34FN5O4. The Labute approximate surface area is 199 Å². The molecule has 3 rings (SSSR count). The first-order chi connectivity index (χ1) is 16.2. The van der Waals surface area contributed by atoms with Crippen LogP contribution in [0.15, 0.2) is 18.2 Å². The van der Waals surface area contributed by atoms with Crippen molar-refractivity contribution in [1.29, 1.82) is 0 Å². The minimum atomic E-state index is -0.727. The van der Waals surface area contributed by atoms with E-state index in [0.717, 1.165) is 5.56 Å². The number of aryl methyl sites for hydroxylation is 1. The van der Waals surface area contributed by atoms with E-state index in [2.05, 4.69) is 10.6 Å². The van der Waals surface area contributed by atoms with Crippen molar-refractivity contribution in [1.82, 2.24) is 20.4 Å². The number of rotatable bonds is 2. The number of hydrogen-bond donors (Lipinski definition) is 3. The number of amides is 4. The average Bonchev–Trinajstić information content (AvgIpc) is 3.30. The van der Waals surface area contributed by atoms with Gasteiger partial charge in [-0.3, -0.25) is 19.2 Å². The van der Waals surface area contributed by atoms with Crippen molar-refractivity contribution >= 4 is 23.6 Å². The van der Waals surface area contributed by atoms with Crippen molar-refractivity contribution in [2.24, 2.45) is 11.7 Å². The molecule has 1 aromatic carbocycles. The van der Waals surface area contributed by atoms with Gasteiger partial charge in [0.15, 0.2) is 0 Å². The quantitative estimate of drug-likeness (QED) is 0.572. The topological polar surface area (TPSA) is 125 Å². The maximum absolute atomic E-state index is 14.6. The van der Waals surface area contributed by atoms with Crippen molar-refractivity contribution in [3.8, 4) is 0 Å². The highest BCUT2D eigenvalue weighted by molar-refractivity contribution is 5.98. The van der Waals surface area contributed by atoms with Crippen LogP contribution in [0.4, 0.5) is 4.39 Å². The largest absolute Gasteiger partial charge is 0.355 e. The summed E-state index contributed by atoms with van der Waals surface area (Å²) >= 11 is 0. The number of hydrogen-bond acceptors (Lipinski definition) is 5. The predicted molar refractivity (Wildman–Crippen MR) is 124 cm³/mol. The van der Waals surface area contributed by atoms with E-state index in [4.69, 9.17) is 5.73 Å². The molecule has 4 amide bonds. The van der Waals surface area contributed by atoms with Gasteiger partial charge in [-0.15, -0.1) is 0 Å². The van der Waals surface area contributed by atoms with Crippen LogP contribution in [0.25, 0.3) is 0 Å². The minimum absolute atomic E-state index is 0.0503. The van der Waals surface area contributed by atoms with Gasteiger partial charge >= 0.3 is 0 Å². The minimum Gasteiger partial charge on any atom is -0.355 e. The van der Waals surface area contributed by atoms with E-state index in [1.54, 1.807) is 6.07 Å². The number of fused-ring (bicyclic) bond motifs is 3. The van der Waals surface area contributed by atoms with Gasteiger partial charge in [-0.1, -0.05) is 19.9 Å². The molecule has 0 aromatic heterocycles. The molecular weight excluding hydrogens is 441 g/mol. The molecule has 2 aliphatic heterocycles. The van der Waals surface area contributed by atoms with E-state index < -0.39 is 29.7 Å². The Balaban J connectivity index is 1.92. The lowest BCUT2D eigenvalue weighted by Gasteiger charge is -2.32. The van der Waals surface area contributed by atoms with Gasteiger partial charge in [0.05, 0.1) is 18.7 Å². The van der Waals surface area contributed by atoms with E-state index in [-0.39, 0.29) is 42.9 Å². The van der Waals surface area contributed by atoms with Crippen LogP contribution in [-0.4, -0.2) is 78.2 Å². The molecule has 2 heterocycles. The fourth-order valence-corrected chi connectivity index (χ4v) is 4.40. The van der Waals surface area contributed by atoms with Gasteiger partial charge in [-0.05, 0) is 49.3 Å². The van der Waals surface area contributed by atoms with E-state index >= 15 is 0 Å². The summed E-state index contributed by atoms with van der Waals surface area (Å²) in [6, 6.07) is 3.23. The maximum atomic E-state index is 14.6. The Morgan fingerprint density at radius 1 is 1.24 bits per heavy atom. The lowest BCUT2D eigenvalue weighted by atomic mass is 10.0. The molecule has 34 heavy (non-hydrogen) atoms. The van der Waals surface area contributed by atoms with Crippen LogP contribution in [0.5, 0.6) is 0 Å². The summed E-state index contributed by atoms with van der Waals surface area (Å²) in [5.74, 6) is -2.25. The van der Waals surface area contributed by atoms with Crippen LogP contribution in [0.2, 0.25) is 0 Å². The summed E-state index contributed by atoms with van der Waals surface area (Å²) in [5.41, 5.74) is 6.27. The Kier molecular flexibility index (Phi) is 8.60.